The van der Waals surface area contributed by atoms with Gasteiger partial charge in [-0.15, -0.1) is 0 Å². The minimum absolute atomic E-state index is 0.342. The first-order chi connectivity index (χ1) is 7.13. The monoisotopic (exact) mass is 229 g/mol. The molecule has 0 amide bonds. The van der Waals surface area contributed by atoms with Gasteiger partial charge in [-0.05, 0) is 19.4 Å². The van der Waals surface area contributed by atoms with E-state index >= 15 is 0 Å². The summed E-state index contributed by atoms with van der Waals surface area (Å²) in [4.78, 5) is 4.12. The van der Waals surface area contributed by atoms with Crippen LogP contribution in [0.1, 0.15) is 12.7 Å². The smallest absolute Gasteiger partial charge is 0.105 e. The van der Waals surface area contributed by atoms with Crippen LogP contribution >= 0.6 is 0 Å². The standard InChI is InChI=1S/C10H19N3OS/c1-9(7-11)8-15(14)6-5-13-4-3-12-10(13)2/h3-4,9H,5-8,11H2,1-2H3. The number of aryl methyl sites for hydroxylation is 2. The summed E-state index contributed by atoms with van der Waals surface area (Å²) < 4.78 is 13.7. The zero-order valence-electron chi connectivity index (χ0n) is 9.35. The van der Waals surface area contributed by atoms with Crippen molar-refractivity contribution in [3.63, 3.8) is 0 Å². The summed E-state index contributed by atoms with van der Waals surface area (Å²) in [5.41, 5.74) is 5.49. The Balaban J connectivity index is 2.31. The first kappa shape index (κ1) is 12.4. The van der Waals surface area contributed by atoms with Crippen molar-refractivity contribution in [3.05, 3.63) is 18.2 Å². The Bertz CT molecular complexity index is 324. The van der Waals surface area contributed by atoms with Gasteiger partial charge in [0.25, 0.3) is 0 Å². The Morgan fingerprint density at radius 1 is 1.67 bits per heavy atom. The van der Waals surface area contributed by atoms with E-state index in [0.29, 0.717) is 24.0 Å². The molecule has 0 aliphatic heterocycles. The van der Waals surface area contributed by atoms with Gasteiger partial charge in [-0.2, -0.15) is 0 Å². The van der Waals surface area contributed by atoms with Crippen LogP contribution in [0.25, 0.3) is 0 Å². The normalized spacial score (nSPS) is 15.1. The maximum atomic E-state index is 11.6. The fraction of sp³-hybridized carbons (Fsp3) is 0.700. The van der Waals surface area contributed by atoms with E-state index in [4.69, 9.17) is 5.73 Å². The molecule has 0 bridgehead atoms. The SMILES string of the molecule is Cc1nccn1CCS(=O)CC(C)CN. The largest absolute Gasteiger partial charge is 0.334 e. The molecule has 1 heterocycles. The van der Waals surface area contributed by atoms with Crippen LogP contribution in [0.3, 0.4) is 0 Å². The molecule has 0 aliphatic carbocycles. The molecule has 5 heteroatoms. The molecule has 4 nitrogen and oxygen atoms in total. The van der Waals surface area contributed by atoms with E-state index in [0.717, 1.165) is 12.4 Å². The van der Waals surface area contributed by atoms with Gasteiger partial charge in [-0.1, -0.05) is 6.92 Å². The lowest BCUT2D eigenvalue weighted by Gasteiger charge is -2.08. The molecule has 2 N–H and O–H groups in total. The third kappa shape index (κ3) is 4.13. The second kappa shape index (κ2) is 6.02. The highest BCUT2D eigenvalue weighted by Gasteiger charge is 2.06. The summed E-state index contributed by atoms with van der Waals surface area (Å²) in [6, 6.07) is 0. The highest BCUT2D eigenvalue weighted by molar-refractivity contribution is 7.84. The number of hydrogen-bond acceptors (Lipinski definition) is 3. The van der Waals surface area contributed by atoms with Gasteiger partial charge in [-0.25, -0.2) is 4.98 Å². The molecule has 0 radical (unpaired) electrons. The predicted molar refractivity (Wildman–Crippen MR) is 63.1 cm³/mol. The zero-order valence-corrected chi connectivity index (χ0v) is 10.2. The Morgan fingerprint density at radius 2 is 2.40 bits per heavy atom. The van der Waals surface area contributed by atoms with E-state index in [9.17, 15) is 4.21 Å². The third-order valence-electron chi connectivity index (χ3n) is 2.36. The second-order valence-corrected chi connectivity index (χ2v) is 5.44. The predicted octanol–water partition coefficient (Wildman–Crippen LogP) is 0.535. The van der Waals surface area contributed by atoms with Crippen molar-refractivity contribution < 1.29 is 4.21 Å². The van der Waals surface area contributed by atoms with Crippen molar-refractivity contribution in [2.75, 3.05) is 18.1 Å². The van der Waals surface area contributed by atoms with Crippen molar-refractivity contribution >= 4 is 10.8 Å². The molecule has 0 saturated carbocycles. The number of aromatic nitrogens is 2. The Hall–Kier alpha value is -0.680. The van der Waals surface area contributed by atoms with Gasteiger partial charge in [0.05, 0.1) is 0 Å². The summed E-state index contributed by atoms with van der Waals surface area (Å²) in [5, 5.41) is 0. The van der Waals surface area contributed by atoms with Crippen molar-refractivity contribution in [2.24, 2.45) is 11.7 Å². The van der Waals surface area contributed by atoms with Gasteiger partial charge >= 0.3 is 0 Å². The average molecular weight is 229 g/mol. The van der Waals surface area contributed by atoms with Gasteiger partial charge in [-0.3, -0.25) is 4.21 Å². The van der Waals surface area contributed by atoms with Gasteiger partial charge in [0, 0.05) is 41.2 Å². The van der Waals surface area contributed by atoms with Crippen LogP contribution in [-0.4, -0.2) is 31.8 Å². The van der Waals surface area contributed by atoms with Crippen LogP contribution in [0.15, 0.2) is 12.4 Å². The fourth-order valence-corrected chi connectivity index (χ4v) is 2.65. The fourth-order valence-electron chi connectivity index (χ4n) is 1.31. The summed E-state index contributed by atoms with van der Waals surface area (Å²) in [6.07, 6.45) is 3.68. The lowest BCUT2D eigenvalue weighted by atomic mass is 10.2. The van der Waals surface area contributed by atoms with Crippen LogP contribution in [0.2, 0.25) is 0 Å². The van der Waals surface area contributed by atoms with Gasteiger partial charge < -0.3 is 10.3 Å². The summed E-state index contributed by atoms with van der Waals surface area (Å²) in [5.74, 6) is 2.69. The molecule has 2 unspecified atom stereocenters. The first-order valence-electron chi connectivity index (χ1n) is 5.16. The van der Waals surface area contributed by atoms with Crippen LogP contribution in [0.5, 0.6) is 0 Å². The number of imidazole rings is 1. The highest BCUT2D eigenvalue weighted by Crippen LogP contribution is 1.99. The maximum absolute atomic E-state index is 11.6. The summed E-state index contributed by atoms with van der Waals surface area (Å²) in [6.45, 7) is 5.36. The molecule has 15 heavy (non-hydrogen) atoms. The lowest BCUT2D eigenvalue weighted by Crippen LogP contribution is -2.20. The van der Waals surface area contributed by atoms with Crippen LogP contribution in [-0.2, 0) is 17.3 Å². The van der Waals surface area contributed by atoms with Crippen molar-refractivity contribution in [3.8, 4) is 0 Å². The topological polar surface area (TPSA) is 60.9 Å². The lowest BCUT2D eigenvalue weighted by molar-refractivity contribution is 0.634. The average Bonchev–Trinajstić information content (AvgIpc) is 2.61. The minimum Gasteiger partial charge on any atom is -0.334 e. The van der Waals surface area contributed by atoms with Crippen molar-refractivity contribution in [2.45, 2.75) is 20.4 Å². The molecular formula is C10H19N3OS. The zero-order chi connectivity index (χ0) is 11.3. The molecule has 0 aromatic carbocycles. The Morgan fingerprint density at radius 3 is 2.93 bits per heavy atom. The van der Waals surface area contributed by atoms with E-state index in [1.54, 1.807) is 6.20 Å². The molecular weight excluding hydrogens is 210 g/mol. The van der Waals surface area contributed by atoms with Crippen LogP contribution < -0.4 is 5.73 Å². The van der Waals surface area contributed by atoms with Crippen molar-refractivity contribution in [1.29, 1.82) is 0 Å². The van der Waals surface area contributed by atoms with Crippen LogP contribution in [0, 0.1) is 12.8 Å². The number of nitrogens with two attached hydrogens (primary N) is 1. The highest BCUT2D eigenvalue weighted by atomic mass is 32.2. The van der Waals surface area contributed by atoms with Gasteiger partial charge in [0.15, 0.2) is 0 Å². The van der Waals surface area contributed by atoms with Gasteiger partial charge in [0.1, 0.15) is 5.82 Å². The number of nitrogens with zero attached hydrogens (tertiary/aromatic N) is 2. The number of hydrogen-bond donors (Lipinski definition) is 1. The minimum atomic E-state index is -0.771. The Kier molecular flexibility index (Phi) is 4.98. The molecule has 1 rings (SSSR count). The van der Waals surface area contributed by atoms with E-state index < -0.39 is 10.8 Å². The molecule has 0 aliphatic rings. The van der Waals surface area contributed by atoms with E-state index in [-0.39, 0.29) is 0 Å². The molecule has 0 saturated heterocycles. The van der Waals surface area contributed by atoms with Gasteiger partial charge in [0.2, 0.25) is 0 Å². The molecule has 1 aromatic heterocycles. The quantitative estimate of drug-likeness (QED) is 0.774. The van der Waals surface area contributed by atoms with E-state index in [2.05, 4.69) is 4.98 Å². The third-order valence-corrected chi connectivity index (χ3v) is 3.94. The molecule has 86 valence electrons. The second-order valence-electron chi connectivity index (χ2n) is 3.82. The van der Waals surface area contributed by atoms with E-state index in [1.165, 1.54) is 0 Å². The van der Waals surface area contributed by atoms with Crippen molar-refractivity contribution in [1.82, 2.24) is 9.55 Å². The molecule has 1 aromatic rings. The summed E-state index contributed by atoms with van der Waals surface area (Å²) >= 11 is 0. The van der Waals surface area contributed by atoms with Crippen LogP contribution in [0.4, 0.5) is 0 Å². The number of rotatable bonds is 6. The summed E-state index contributed by atoms with van der Waals surface area (Å²) in [7, 11) is -0.771. The first-order valence-corrected chi connectivity index (χ1v) is 6.65. The van der Waals surface area contributed by atoms with E-state index in [1.807, 2.05) is 24.6 Å². The molecule has 0 fully saturated rings. The molecule has 2 atom stereocenters. The molecule has 0 spiro atoms. The Labute approximate surface area is 93.3 Å². The maximum Gasteiger partial charge on any atom is 0.105 e.